The van der Waals surface area contributed by atoms with Crippen molar-refractivity contribution in [1.29, 1.82) is 0 Å². The van der Waals surface area contributed by atoms with Crippen LogP contribution in [-0.4, -0.2) is 20.6 Å². The van der Waals surface area contributed by atoms with Crippen molar-refractivity contribution in [3.8, 4) is 0 Å². The van der Waals surface area contributed by atoms with Crippen molar-refractivity contribution in [1.82, 2.24) is 5.32 Å². The smallest absolute Gasteiger partial charge is 0.0393 e. The van der Waals surface area contributed by atoms with Crippen LogP contribution in [0.4, 0.5) is 5.69 Å². The van der Waals surface area contributed by atoms with E-state index >= 15 is 0 Å². The van der Waals surface area contributed by atoms with Gasteiger partial charge in [-0.15, -0.1) is 0 Å². The fraction of sp³-hybridized carbons (Fsp3) is 0.333. The van der Waals surface area contributed by atoms with Crippen molar-refractivity contribution in [2.24, 2.45) is 0 Å². The molecular formula is C18H24N2. The first-order chi connectivity index (χ1) is 9.72. The van der Waals surface area contributed by atoms with E-state index in [0.29, 0.717) is 6.04 Å². The number of nitrogens with one attached hydrogen (secondary N) is 1. The molecule has 2 heteroatoms. The molecule has 2 aromatic rings. The van der Waals surface area contributed by atoms with Crippen LogP contribution in [0.25, 0.3) is 0 Å². The van der Waals surface area contributed by atoms with Crippen molar-refractivity contribution in [3.63, 3.8) is 0 Å². The van der Waals surface area contributed by atoms with Crippen molar-refractivity contribution in [3.05, 3.63) is 65.7 Å². The number of benzene rings is 2. The SMILES string of the molecule is CNC(CCN(C)c1ccccc1C)c1ccccc1. The van der Waals surface area contributed by atoms with Crippen LogP contribution in [0.3, 0.4) is 0 Å². The minimum atomic E-state index is 0.405. The second kappa shape index (κ2) is 7.11. The maximum atomic E-state index is 3.41. The molecular weight excluding hydrogens is 244 g/mol. The molecule has 0 aliphatic heterocycles. The van der Waals surface area contributed by atoms with E-state index < -0.39 is 0 Å². The first kappa shape index (κ1) is 14.6. The zero-order valence-electron chi connectivity index (χ0n) is 12.6. The maximum absolute atomic E-state index is 3.41. The quantitative estimate of drug-likeness (QED) is 0.857. The minimum Gasteiger partial charge on any atom is -0.374 e. The molecule has 1 N–H and O–H groups in total. The zero-order chi connectivity index (χ0) is 14.4. The molecule has 0 fully saturated rings. The summed E-state index contributed by atoms with van der Waals surface area (Å²) >= 11 is 0. The Morgan fingerprint density at radius 3 is 2.30 bits per heavy atom. The van der Waals surface area contributed by atoms with Gasteiger partial charge < -0.3 is 10.2 Å². The van der Waals surface area contributed by atoms with Gasteiger partial charge in [-0.1, -0.05) is 48.5 Å². The fourth-order valence-electron chi connectivity index (χ4n) is 2.60. The number of hydrogen-bond acceptors (Lipinski definition) is 2. The first-order valence-corrected chi connectivity index (χ1v) is 7.21. The third-order valence-electron chi connectivity index (χ3n) is 3.83. The summed E-state index contributed by atoms with van der Waals surface area (Å²) in [6.45, 7) is 3.20. The van der Waals surface area contributed by atoms with Crippen LogP contribution in [0, 0.1) is 6.92 Å². The van der Waals surface area contributed by atoms with E-state index in [1.54, 1.807) is 0 Å². The highest BCUT2D eigenvalue weighted by atomic mass is 15.1. The van der Waals surface area contributed by atoms with Gasteiger partial charge in [0.1, 0.15) is 0 Å². The largest absolute Gasteiger partial charge is 0.374 e. The van der Waals surface area contributed by atoms with Crippen LogP contribution in [-0.2, 0) is 0 Å². The van der Waals surface area contributed by atoms with Crippen molar-refractivity contribution >= 4 is 5.69 Å². The highest BCUT2D eigenvalue weighted by Crippen LogP contribution is 2.21. The topological polar surface area (TPSA) is 15.3 Å². The van der Waals surface area contributed by atoms with E-state index in [2.05, 4.69) is 78.8 Å². The van der Waals surface area contributed by atoms with Crippen LogP contribution >= 0.6 is 0 Å². The third-order valence-corrected chi connectivity index (χ3v) is 3.83. The van der Waals surface area contributed by atoms with Gasteiger partial charge in [0, 0.05) is 25.3 Å². The second-order valence-electron chi connectivity index (χ2n) is 5.25. The Bertz CT molecular complexity index is 522. The molecule has 1 unspecified atom stereocenters. The molecule has 0 aromatic heterocycles. The van der Waals surface area contributed by atoms with E-state index in [1.165, 1.54) is 16.8 Å². The molecule has 0 bridgehead atoms. The van der Waals surface area contributed by atoms with Crippen LogP contribution < -0.4 is 10.2 Å². The molecule has 0 amide bonds. The molecule has 0 aliphatic rings. The van der Waals surface area contributed by atoms with Gasteiger partial charge in [0.15, 0.2) is 0 Å². The molecule has 20 heavy (non-hydrogen) atoms. The van der Waals surface area contributed by atoms with Crippen LogP contribution in [0.2, 0.25) is 0 Å². The monoisotopic (exact) mass is 268 g/mol. The average Bonchev–Trinajstić information content (AvgIpc) is 2.49. The summed E-state index contributed by atoms with van der Waals surface area (Å²) in [5, 5.41) is 3.41. The van der Waals surface area contributed by atoms with Gasteiger partial charge in [-0.3, -0.25) is 0 Å². The average molecular weight is 268 g/mol. The van der Waals surface area contributed by atoms with Crippen LogP contribution in [0.15, 0.2) is 54.6 Å². The molecule has 0 aliphatic carbocycles. The highest BCUT2D eigenvalue weighted by molar-refractivity contribution is 5.52. The van der Waals surface area contributed by atoms with Crippen LogP contribution in [0.5, 0.6) is 0 Å². The molecule has 0 heterocycles. The van der Waals surface area contributed by atoms with Crippen molar-refractivity contribution < 1.29 is 0 Å². The van der Waals surface area contributed by atoms with Gasteiger partial charge in [0.05, 0.1) is 0 Å². The van der Waals surface area contributed by atoms with Gasteiger partial charge in [0.25, 0.3) is 0 Å². The van der Waals surface area contributed by atoms with E-state index in [-0.39, 0.29) is 0 Å². The molecule has 0 spiro atoms. The summed E-state index contributed by atoms with van der Waals surface area (Å²) < 4.78 is 0. The van der Waals surface area contributed by atoms with E-state index in [9.17, 15) is 0 Å². The van der Waals surface area contributed by atoms with Gasteiger partial charge in [0.2, 0.25) is 0 Å². The molecule has 0 saturated heterocycles. The standard InChI is InChI=1S/C18H24N2/c1-15-9-7-8-12-18(15)20(3)14-13-17(19-2)16-10-5-4-6-11-16/h4-12,17,19H,13-14H2,1-3H3. The lowest BCUT2D eigenvalue weighted by molar-refractivity contribution is 0.549. The number of anilines is 1. The Kier molecular flexibility index (Phi) is 5.19. The van der Waals surface area contributed by atoms with E-state index in [0.717, 1.165) is 13.0 Å². The van der Waals surface area contributed by atoms with Crippen molar-refractivity contribution in [2.45, 2.75) is 19.4 Å². The summed E-state index contributed by atoms with van der Waals surface area (Å²) in [7, 11) is 4.20. The van der Waals surface area contributed by atoms with Crippen LogP contribution in [0.1, 0.15) is 23.6 Å². The molecule has 0 saturated carbocycles. The third kappa shape index (κ3) is 3.61. The lowest BCUT2D eigenvalue weighted by Gasteiger charge is -2.24. The summed E-state index contributed by atoms with van der Waals surface area (Å²) in [6.07, 6.45) is 1.09. The molecule has 106 valence electrons. The molecule has 1 atom stereocenters. The summed E-state index contributed by atoms with van der Waals surface area (Å²) in [6, 6.07) is 19.6. The van der Waals surface area contributed by atoms with Gasteiger partial charge >= 0.3 is 0 Å². The van der Waals surface area contributed by atoms with Gasteiger partial charge in [-0.2, -0.15) is 0 Å². The summed E-state index contributed by atoms with van der Waals surface area (Å²) in [5.41, 5.74) is 4.00. The number of nitrogens with zero attached hydrogens (tertiary/aromatic N) is 1. The van der Waals surface area contributed by atoms with Crippen molar-refractivity contribution in [2.75, 3.05) is 25.5 Å². The minimum absolute atomic E-state index is 0.405. The Balaban J connectivity index is 1.99. The van der Waals surface area contributed by atoms with E-state index in [1.807, 2.05) is 7.05 Å². The Labute approximate surface area is 122 Å². The predicted octanol–water partition coefficient (Wildman–Crippen LogP) is 3.78. The Hall–Kier alpha value is -1.80. The van der Waals surface area contributed by atoms with E-state index in [4.69, 9.17) is 0 Å². The number of rotatable bonds is 6. The Morgan fingerprint density at radius 2 is 1.65 bits per heavy atom. The molecule has 2 rings (SSSR count). The number of aryl methyl sites for hydroxylation is 1. The van der Waals surface area contributed by atoms with Gasteiger partial charge in [-0.05, 0) is 37.6 Å². The summed E-state index contributed by atoms with van der Waals surface area (Å²) in [4.78, 5) is 2.34. The Morgan fingerprint density at radius 1 is 1.00 bits per heavy atom. The second-order valence-corrected chi connectivity index (χ2v) is 5.25. The number of hydrogen-bond donors (Lipinski definition) is 1. The molecule has 2 aromatic carbocycles. The molecule has 2 nitrogen and oxygen atoms in total. The predicted molar refractivity (Wildman–Crippen MR) is 87.3 cm³/mol. The number of para-hydroxylation sites is 1. The summed E-state index contributed by atoms with van der Waals surface area (Å²) in [5.74, 6) is 0. The normalized spacial score (nSPS) is 12.2. The fourth-order valence-corrected chi connectivity index (χ4v) is 2.60. The molecule has 0 radical (unpaired) electrons. The first-order valence-electron chi connectivity index (χ1n) is 7.21. The lowest BCUT2D eigenvalue weighted by atomic mass is 10.0. The van der Waals surface area contributed by atoms with Gasteiger partial charge in [-0.25, -0.2) is 0 Å². The highest BCUT2D eigenvalue weighted by Gasteiger charge is 2.11. The zero-order valence-corrected chi connectivity index (χ0v) is 12.6. The maximum Gasteiger partial charge on any atom is 0.0393 e. The lowest BCUT2D eigenvalue weighted by Crippen LogP contribution is -2.25.